The number of nitrogens with one attached hydrogen (secondary N) is 1. The first-order valence-corrected chi connectivity index (χ1v) is 9.28. The predicted octanol–water partition coefficient (Wildman–Crippen LogP) is 3.03. The van der Waals surface area contributed by atoms with Gasteiger partial charge in [-0.2, -0.15) is 5.10 Å². The number of aryl methyl sites for hydroxylation is 1. The van der Waals surface area contributed by atoms with E-state index in [9.17, 15) is 14.4 Å². The molecule has 0 aliphatic heterocycles. The molecule has 8 nitrogen and oxygen atoms in total. The molecule has 1 aromatic carbocycles. The number of carbonyl (C=O) groups is 3. The molecule has 0 unspecified atom stereocenters. The van der Waals surface area contributed by atoms with Crippen LogP contribution in [0.3, 0.4) is 0 Å². The molecule has 0 aliphatic rings. The molecule has 0 atom stereocenters. The minimum absolute atomic E-state index is 0.129. The van der Waals surface area contributed by atoms with Crippen LogP contribution in [-0.4, -0.2) is 41.0 Å². The lowest BCUT2D eigenvalue weighted by Crippen LogP contribution is -2.34. The summed E-state index contributed by atoms with van der Waals surface area (Å²) in [5.74, 6) is -1.49. The van der Waals surface area contributed by atoms with Crippen molar-refractivity contribution in [2.24, 2.45) is 0 Å². The van der Waals surface area contributed by atoms with E-state index in [1.807, 2.05) is 43.4 Å². The molecule has 154 valence electrons. The van der Waals surface area contributed by atoms with Gasteiger partial charge in [0.2, 0.25) is 0 Å². The number of hydrogen-bond acceptors (Lipinski definition) is 6. The number of benzene rings is 1. The maximum Gasteiger partial charge on any atom is 0.413 e. The number of aromatic nitrogens is 2. The highest BCUT2D eigenvalue weighted by atomic mass is 35.5. The summed E-state index contributed by atoms with van der Waals surface area (Å²) in [4.78, 5) is 34.4. The van der Waals surface area contributed by atoms with Gasteiger partial charge in [-0.15, -0.1) is 0 Å². The number of rotatable bonds is 7. The molecule has 2 aromatic rings. The minimum Gasteiger partial charge on any atom is -0.452 e. The van der Waals surface area contributed by atoms with E-state index in [-0.39, 0.29) is 6.61 Å². The van der Waals surface area contributed by atoms with E-state index in [4.69, 9.17) is 16.3 Å². The standard InChI is InChI=1S/C20H22ClN3O5/c1-4-28-20(27)22-18(25)12-29-19(26)10-9-16-13(2)23-24(14(16)3)11-15-7-5-6-8-17(15)21/h5-10H,4,11-12H2,1-3H3,(H,22,25,27)/b10-9+. The Bertz CT molecular complexity index is 936. The Labute approximate surface area is 173 Å². The van der Waals surface area contributed by atoms with Crippen molar-refractivity contribution in [1.82, 2.24) is 15.1 Å². The van der Waals surface area contributed by atoms with Gasteiger partial charge in [-0.1, -0.05) is 29.8 Å². The van der Waals surface area contributed by atoms with Crippen molar-refractivity contribution in [2.75, 3.05) is 13.2 Å². The number of halogens is 1. The van der Waals surface area contributed by atoms with Crippen LogP contribution in [0.1, 0.15) is 29.4 Å². The van der Waals surface area contributed by atoms with Crippen molar-refractivity contribution < 1.29 is 23.9 Å². The van der Waals surface area contributed by atoms with E-state index < -0.39 is 24.6 Å². The van der Waals surface area contributed by atoms with Crippen LogP contribution < -0.4 is 5.32 Å². The smallest absolute Gasteiger partial charge is 0.413 e. The molecule has 9 heteroatoms. The summed E-state index contributed by atoms with van der Waals surface area (Å²) >= 11 is 6.21. The summed E-state index contributed by atoms with van der Waals surface area (Å²) in [7, 11) is 0. The number of hydrogen-bond donors (Lipinski definition) is 1. The predicted molar refractivity (Wildman–Crippen MR) is 107 cm³/mol. The first kappa shape index (κ1) is 22.2. The van der Waals surface area contributed by atoms with Gasteiger partial charge in [-0.3, -0.25) is 14.8 Å². The summed E-state index contributed by atoms with van der Waals surface area (Å²) in [5, 5.41) is 7.08. The molecule has 1 N–H and O–H groups in total. The van der Waals surface area contributed by atoms with E-state index in [1.165, 1.54) is 6.08 Å². The Morgan fingerprint density at radius 3 is 2.62 bits per heavy atom. The SMILES string of the molecule is CCOC(=O)NC(=O)COC(=O)/C=C/c1c(C)nn(Cc2ccccc2Cl)c1C. The van der Waals surface area contributed by atoms with Crippen molar-refractivity contribution >= 4 is 35.6 Å². The highest BCUT2D eigenvalue weighted by Gasteiger charge is 2.13. The second kappa shape index (κ2) is 10.4. The average molecular weight is 420 g/mol. The Hall–Kier alpha value is -3.13. The second-order valence-electron chi connectivity index (χ2n) is 6.04. The molecule has 29 heavy (non-hydrogen) atoms. The number of carbonyl (C=O) groups excluding carboxylic acids is 3. The molecule has 0 bridgehead atoms. The Balaban J connectivity index is 1.97. The molecular formula is C20H22ClN3O5. The topological polar surface area (TPSA) is 99.5 Å². The van der Waals surface area contributed by atoms with E-state index in [1.54, 1.807) is 17.7 Å². The molecule has 0 spiro atoms. The van der Waals surface area contributed by atoms with Crippen LogP contribution in [0, 0.1) is 13.8 Å². The van der Waals surface area contributed by atoms with Crippen LogP contribution in [-0.2, 0) is 25.6 Å². The Morgan fingerprint density at radius 1 is 1.21 bits per heavy atom. The summed E-state index contributed by atoms with van der Waals surface area (Å²) < 4.78 is 11.2. The highest BCUT2D eigenvalue weighted by Crippen LogP contribution is 2.20. The Morgan fingerprint density at radius 2 is 1.93 bits per heavy atom. The van der Waals surface area contributed by atoms with Crippen LogP contribution >= 0.6 is 11.6 Å². The van der Waals surface area contributed by atoms with E-state index in [0.717, 1.165) is 22.5 Å². The van der Waals surface area contributed by atoms with Crippen molar-refractivity contribution in [3.8, 4) is 0 Å². The molecule has 2 amide bonds. The van der Waals surface area contributed by atoms with Gasteiger partial charge in [-0.05, 0) is 38.5 Å². The number of imide groups is 1. The monoisotopic (exact) mass is 419 g/mol. The zero-order valence-electron chi connectivity index (χ0n) is 16.4. The van der Waals surface area contributed by atoms with Gasteiger partial charge in [0.15, 0.2) is 6.61 Å². The fourth-order valence-corrected chi connectivity index (χ4v) is 2.74. The van der Waals surface area contributed by atoms with Crippen molar-refractivity contribution in [3.05, 3.63) is 57.9 Å². The average Bonchev–Trinajstić information content (AvgIpc) is 2.93. The van der Waals surface area contributed by atoms with E-state index in [2.05, 4.69) is 9.84 Å². The lowest BCUT2D eigenvalue weighted by Gasteiger charge is -2.06. The molecule has 0 radical (unpaired) electrons. The molecule has 0 fully saturated rings. The van der Waals surface area contributed by atoms with Crippen LogP contribution in [0.2, 0.25) is 5.02 Å². The Kier molecular flexibility index (Phi) is 7.97. The van der Waals surface area contributed by atoms with Gasteiger partial charge in [0.05, 0.1) is 18.8 Å². The van der Waals surface area contributed by atoms with Crippen molar-refractivity contribution in [3.63, 3.8) is 0 Å². The lowest BCUT2D eigenvalue weighted by atomic mass is 10.1. The lowest BCUT2D eigenvalue weighted by molar-refractivity contribution is -0.143. The van der Waals surface area contributed by atoms with E-state index in [0.29, 0.717) is 11.6 Å². The maximum atomic E-state index is 11.8. The molecular weight excluding hydrogens is 398 g/mol. The highest BCUT2D eigenvalue weighted by molar-refractivity contribution is 6.31. The first-order valence-electron chi connectivity index (χ1n) is 8.90. The third-order valence-corrected chi connectivity index (χ3v) is 4.33. The zero-order valence-corrected chi connectivity index (χ0v) is 17.2. The fraction of sp³-hybridized carbons (Fsp3) is 0.300. The molecule has 2 rings (SSSR count). The molecule has 0 saturated heterocycles. The number of alkyl carbamates (subject to hydrolysis) is 1. The zero-order chi connectivity index (χ0) is 21.4. The fourth-order valence-electron chi connectivity index (χ4n) is 2.55. The van der Waals surface area contributed by atoms with Gasteiger partial charge in [-0.25, -0.2) is 9.59 Å². The minimum atomic E-state index is -0.888. The third kappa shape index (κ3) is 6.46. The maximum absolute atomic E-state index is 11.8. The van der Waals surface area contributed by atoms with Gasteiger partial charge >= 0.3 is 12.1 Å². The number of esters is 1. The van der Waals surface area contributed by atoms with Crippen molar-refractivity contribution in [1.29, 1.82) is 0 Å². The van der Waals surface area contributed by atoms with Crippen LogP contribution in [0.25, 0.3) is 6.08 Å². The van der Waals surface area contributed by atoms with Gasteiger partial charge < -0.3 is 9.47 Å². The molecule has 1 heterocycles. The second-order valence-corrected chi connectivity index (χ2v) is 6.45. The van der Waals surface area contributed by atoms with Crippen molar-refractivity contribution in [2.45, 2.75) is 27.3 Å². The molecule has 1 aromatic heterocycles. The van der Waals surface area contributed by atoms with Crippen LogP contribution in [0.4, 0.5) is 4.79 Å². The van der Waals surface area contributed by atoms with Crippen LogP contribution in [0.15, 0.2) is 30.3 Å². The summed E-state index contributed by atoms with van der Waals surface area (Å²) in [6.45, 7) is 5.35. The summed E-state index contributed by atoms with van der Waals surface area (Å²) in [6.07, 6.45) is 1.89. The van der Waals surface area contributed by atoms with Gasteiger partial charge in [0.25, 0.3) is 5.91 Å². The summed E-state index contributed by atoms with van der Waals surface area (Å²) in [5.41, 5.74) is 3.29. The van der Waals surface area contributed by atoms with Crippen LogP contribution in [0.5, 0.6) is 0 Å². The van der Waals surface area contributed by atoms with Gasteiger partial charge in [0, 0.05) is 22.4 Å². The first-order chi connectivity index (χ1) is 13.8. The number of nitrogens with zero attached hydrogens (tertiary/aromatic N) is 2. The molecule has 0 saturated carbocycles. The molecule has 0 aliphatic carbocycles. The number of amides is 2. The van der Waals surface area contributed by atoms with Gasteiger partial charge in [0.1, 0.15) is 0 Å². The summed E-state index contributed by atoms with van der Waals surface area (Å²) in [6, 6.07) is 7.51. The quantitative estimate of drug-likeness (QED) is 0.547. The number of ether oxygens (including phenoxy) is 2. The normalized spacial score (nSPS) is 10.8. The largest absolute Gasteiger partial charge is 0.452 e. The third-order valence-electron chi connectivity index (χ3n) is 3.96. The van der Waals surface area contributed by atoms with E-state index >= 15 is 0 Å².